The SMILES string of the molecule is CC(C)NCCOCCOCCOCCNC=O.CCC#CCNC(=O)OCCCCOC(C)SSc1ccc(CC)cc1. The maximum atomic E-state index is 11.4. The first-order valence-corrected chi connectivity index (χ1v) is 17.7. The Labute approximate surface area is 273 Å². The second kappa shape index (κ2) is 32.4. The topological polar surface area (TPSA) is 116 Å². The Morgan fingerprint density at radius 2 is 1.50 bits per heavy atom. The van der Waals surface area contributed by atoms with Gasteiger partial charge in [0.05, 0.1) is 52.8 Å². The number of carbonyl (C=O) groups excluding carboxylic acids is 2. The van der Waals surface area contributed by atoms with Gasteiger partial charge in [-0.2, -0.15) is 0 Å². The number of benzene rings is 1. The highest BCUT2D eigenvalue weighted by Crippen LogP contribution is 2.34. The molecule has 44 heavy (non-hydrogen) atoms. The zero-order valence-electron chi connectivity index (χ0n) is 27.3. The van der Waals surface area contributed by atoms with Crippen molar-refractivity contribution in [3.63, 3.8) is 0 Å². The van der Waals surface area contributed by atoms with Gasteiger partial charge in [-0.05, 0) is 43.9 Å². The lowest BCUT2D eigenvalue weighted by Gasteiger charge is -2.12. The molecule has 0 aromatic heterocycles. The quantitative estimate of drug-likeness (QED) is 0.0434. The van der Waals surface area contributed by atoms with E-state index in [0.29, 0.717) is 78.4 Å². The predicted octanol–water partition coefficient (Wildman–Crippen LogP) is 5.05. The Bertz CT molecular complexity index is 868. The number of nitrogens with one attached hydrogen (secondary N) is 3. The van der Waals surface area contributed by atoms with Gasteiger partial charge < -0.3 is 39.6 Å². The van der Waals surface area contributed by atoms with Crippen LogP contribution in [-0.4, -0.2) is 96.5 Å². The van der Waals surface area contributed by atoms with E-state index in [1.54, 1.807) is 21.6 Å². The molecular formula is C32H55N3O7S2. The minimum Gasteiger partial charge on any atom is -0.450 e. The number of amides is 2. The molecule has 12 heteroatoms. The number of aryl methyl sites for hydroxylation is 1. The highest BCUT2D eigenvalue weighted by Gasteiger charge is 2.05. The van der Waals surface area contributed by atoms with Gasteiger partial charge in [0.2, 0.25) is 6.41 Å². The first kappa shape index (κ1) is 42.0. The number of rotatable bonds is 25. The Morgan fingerprint density at radius 1 is 0.864 bits per heavy atom. The number of ether oxygens (including phenoxy) is 5. The molecule has 0 aliphatic heterocycles. The van der Waals surface area contributed by atoms with Crippen molar-refractivity contribution in [3.8, 4) is 11.8 Å². The van der Waals surface area contributed by atoms with E-state index in [2.05, 4.69) is 79.8 Å². The van der Waals surface area contributed by atoms with Crippen LogP contribution in [0.5, 0.6) is 0 Å². The van der Waals surface area contributed by atoms with Crippen molar-refractivity contribution in [2.45, 2.75) is 76.7 Å². The summed E-state index contributed by atoms with van der Waals surface area (Å²) in [7, 11) is 3.44. The van der Waals surface area contributed by atoms with Gasteiger partial charge in [0.1, 0.15) is 5.44 Å². The molecule has 3 N–H and O–H groups in total. The summed E-state index contributed by atoms with van der Waals surface area (Å²) in [5.41, 5.74) is 1.47. The molecule has 0 saturated carbocycles. The van der Waals surface area contributed by atoms with Crippen molar-refractivity contribution >= 4 is 34.1 Å². The summed E-state index contributed by atoms with van der Waals surface area (Å²) >= 11 is 0. The number of carbonyl (C=O) groups is 2. The third-order valence-corrected chi connectivity index (χ3v) is 8.02. The minimum atomic E-state index is -0.411. The monoisotopic (exact) mass is 657 g/mol. The van der Waals surface area contributed by atoms with Gasteiger partial charge >= 0.3 is 6.09 Å². The Hall–Kier alpha value is -1.98. The number of unbranched alkanes of at least 4 members (excludes halogenated alkanes) is 1. The lowest BCUT2D eigenvalue weighted by Crippen LogP contribution is -2.27. The Kier molecular flexibility index (Phi) is 31.0. The van der Waals surface area contributed by atoms with E-state index >= 15 is 0 Å². The molecule has 1 aromatic carbocycles. The molecule has 1 unspecified atom stereocenters. The fourth-order valence-electron chi connectivity index (χ4n) is 3.06. The molecule has 1 aromatic rings. The molecule has 0 fully saturated rings. The van der Waals surface area contributed by atoms with E-state index in [-0.39, 0.29) is 5.44 Å². The van der Waals surface area contributed by atoms with E-state index in [4.69, 9.17) is 23.7 Å². The third-order valence-electron chi connectivity index (χ3n) is 5.38. The standard InChI is InChI=1S/C20H29NO3S2.C12H26N2O4/c1-4-6-7-14-21-20(22)24-16-9-8-15-23-17(3)25-26-19-12-10-18(5-2)11-13-19;1-12(2)14-4-6-17-8-10-18-9-7-16-5-3-13-11-15/h10-13,17H,4-5,8-9,14-16H2,1-3H3,(H,21,22);11-12,14H,3-10H2,1-2H3,(H,13,15). The van der Waals surface area contributed by atoms with E-state index < -0.39 is 6.09 Å². The van der Waals surface area contributed by atoms with Gasteiger partial charge in [-0.1, -0.05) is 67.3 Å². The third kappa shape index (κ3) is 30.1. The molecule has 0 spiro atoms. The largest absolute Gasteiger partial charge is 0.450 e. The van der Waals surface area contributed by atoms with Crippen LogP contribution in [0, 0.1) is 11.8 Å². The van der Waals surface area contributed by atoms with Crippen LogP contribution in [0.25, 0.3) is 0 Å². The van der Waals surface area contributed by atoms with Gasteiger partial charge in [0, 0.05) is 37.1 Å². The van der Waals surface area contributed by atoms with Crippen molar-refractivity contribution < 1.29 is 33.3 Å². The lowest BCUT2D eigenvalue weighted by molar-refractivity contribution is -0.109. The van der Waals surface area contributed by atoms with Crippen LogP contribution in [0.2, 0.25) is 0 Å². The molecule has 0 saturated heterocycles. The highest BCUT2D eigenvalue weighted by atomic mass is 33.1. The van der Waals surface area contributed by atoms with E-state index in [9.17, 15) is 9.59 Å². The number of alkyl carbamates (subject to hydrolysis) is 1. The summed E-state index contributed by atoms with van der Waals surface area (Å²) in [6.45, 7) is 16.7. The first-order valence-electron chi connectivity index (χ1n) is 15.5. The summed E-state index contributed by atoms with van der Waals surface area (Å²) < 4.78 is 26.7. The predicted molar refractivity (Wildman–Crippen MR) is 181 cm³/mol. The molecular weight excluding hydrogens is 603 g/mol. The van der Waals surface area contributed by atoms with Gasteiger partial charge in [-0.15, -0.1) is 5.92 Å². The molecule has 10 nitrogen and oxygen atoms in total. The summed E-state index contributed by atoms with van der Waals surface area (Å²) in [6.07, 6.45) is 3.75. The summed E-state index contributed by atoms with van der Waals surface area (Å²) in [5, 5.41) is 8.37. The zero-order chi connectivity index (χ0) is 32.5. The van der Waals surface area contributed by atoms with Crippen molar-refractivity contribution in [1.29, 1.82) is 0 Å². The fraction of sp³-hybridized carbons (Fsp3) is 0.688. The van der Waals surface area contributed by atoms with Crippen molar-refractivity contribution in [2.24, 2.45) is 0 Å². The van der Waals surface area contributed by atoms with Gasteiger partial charge in [0.15, 0.2) is 0 Å². The smallest absolute Gasteiger partial charge is 0.407 e. The molecule has 0 aliphatic rings. The minimum absolute atomic E-state index is 0.118. The van der Waals surface area contributed by atoms with Crippen LogP contribution in [0.4, 0.5) is 4.79 Å². The number of hydrogen-bond donors (Lipinski definition) is 3. The average molecular weight is 658 g/mol. The molecule has 252 valence electrons. The van der Waals surface area contributed by atoms with Gasteiger partial charge in [-0.25, -0.2) is 4.79 Å². The van der Waals surface area contributed by atoms with Crippen molar-refractivity contribution in [1.82, 2.24) is 16.0 Å². The molecule has 0 heterocycles. The van der Waals surface area contributed by atoms with Crippen molar-refractivity contribution in [3.05, 3.63) is 29.8 Å². The van der Waals surface area contributed by atoms with Crippen molar-refractivity contribution in [2.75, 3.05) is 72.5 Å². The molecule has 2 amide bonds. The average Bonchev–Trinajstić information content (AvgIpc) is 3.02. The Balaban J connectivity index is 0.000000902. The van der Waals surface area contributed by atoms with Crippen LogP contribution in [0.1, 0.15) is 59.4 Å². The molecule has 0 radical (unpaired) electrons. The summed E-state index contributed by atoms with van der Waals surface area (Å²) in [4.78, 5) is 22.5. The van der Waals surface area contributed by atoms with Crippen LogP contribution in [0.3, 0.4) is 0 Å². The second-order valence-corrected chi connectivity index (χ2v) is 12.1. The first-order chi connectivity index (χ1) is 21.4. The van der Waals surface area contributed by atoms with E-state index in [1.165, 1.54) is 10.5 Å². The molecule has 0 aliphatic carbocycles. The van der Waals surface area contributed by atoms with Crippen LogP contribution in [-0.2, 0) is 34.9 Å². The fourth-order valence-corrected chi connectivity index (χ4v) is 4.94. The summed E-state index contributed by atoms with van der Waals surface area (Å²) in [5.74, 6) is 5.72. The molecule has 1 rings (SSSR count). The zero-order valence-corrected chi connectivity index (χ0v) is 29.0. The van der Waals surface area contributed by atoms with Gasteiger partial charge in [0.25, 0.3) is 0 Å². The van der Waals surface area contributed by atoms with E-state index in [0.717, 1.165) is 32.2 Å². The van der Waals surface area contributed by atoms with E-state index in [1.807, 2.05) is 6.92 Å². The van der Waals surface area contributed by atoms with Crippen LogP contribution >= 0.6 is 21.6 Å². The maximum absolute atomic E-state index is 11.4. The molecule has 1 atom stereocenters. The van der Waals surface area contributed by atoms with Gasteiger partial charge in [-0.3, -0.25) is 4.79 Å². The van der Waals surface area contributed by atoms with Crippen LogP contribution < -0.4 is 16.0 Å². The molecule has 0 bridgehead atoms. The second-order valence-electron chi connectivity index (χ2n) is 9.54. The summed E-state index contributed by atoms with van der Waals surface area (Å²) in [6, 6.07) is 9.14. The normalized spacial score (nSPS) is 11.1. The Morgan fingerprint density at radius 3 is 2.11 bits per heavy atom. The van der Waals surface area contributed by atoms with Crippen LogP contribution in [0.15, 0.2) is 29.2 Å². The number of hydrogen-bond acceptors (Lipinski definition) is 10. The highest BCUT2D eigenvalue weighted by molar-refractivity contribution is 8.76. The maximum Gasteiger partial charge on any atom is 0.407 e. The lowest BCUT2D eigenvalue weighted by atomic mass is 10.2.